The molecular weight excluding hydrogens is 529 g/mol. The third-order valence-corrected chi connectivity index (χ3v) is 8.03. The van der Waals surface area contributed by atoms with Gasteiger partial charge in [0, 0.05) is 23.7 Å². The van der Waals surface area contributed by atoms with E-state index < -0.39 is 40.2 Å². The molecule has 0 radical (unpaired) electrons. The molecule has 0 spiro atoms. The van der Waals surface area contributed by atoms with Crippen molar-refractivity contribution < 1.29 is 22.4 Å². The number of sulfonamides is 1. The van der Waals surface area contributed by atoms with Gasteiger partial charge in [-0.05, 0) is 68.3 Å². The first-order chi connectivity index (χ1) is 18.0. The Kier molecular flexibility index (Phi) is 9.88. The zero-order valence-electron chi connectivity index (χ0n) is 21.5. The van der Waals surface area contributed by atoms with Gasteiger partial charge in [0.2, 0.25) is 11.8 Å². The Morgan fingerprint density at radius 1 is 1.03 bits per heavy atom. The van der Waals surface area contributed by atoms with E-state index in [1.54, 1.807) is 24.3 Å². The Hall–Kier alpha value is -3.43. The van der Waals surface area contributed by atoms with Gasteiger partial charge in [0.05, 0.1) is 10.6 Å². The predicted molar refractivity (Wildman–Crippen MR) is 147 cm³/mol. The second kappa shape index (κ2) is 12.9. The Morgan fingerprint density at radius 3 is 2.34 bits per heavy atom. The molecular formula is C28H31ClFN3O4S. The van der Waals surface area contributed by atoms with Crippen molar-refractivity contribution in [1.82, 2.24) is 10.2 Å². The molecule has 3 aromatic carbocycles. The molecule has 2 amide bonds. The van der Waals surface area contributed by atoms with Gasteiger partial charge in [0.1, 0.15) is 18.4 Å². The summed E-state index contributed by atoms with van der Waals surface area (Å²) in [7, 11) is -4.20. The van der Waals surface area contributed by atoms with E-state index in [-0.39, 0.29) is 22.7 Å². The Bertz CT molecular complexity index is 1380. The van der Waals surface area contributed by atoms with Crippen LogP contribution in [0.4, 0.5) is 10.1 Å². The van der Waals surface area contributed by atoms with E-state index in [2.05, 4.69) is 5.32 Å². The van der Waals surface area contributed by atoms with Crippen molar-refractivity contribution in [2.75, 3.05) is 17.4 Å². The van der Waals surface area contributed by atoms with Crippen molar-refractivity contribution >= 4 is 39.1 Å². The minimum atomic E-state index is -4.20. The molecule has 0 bridgehead atoms. The fourth-order valence-electron chi connectivity index (χ4n) is 3.83. The maximum absolute atomic E-state index is 14.5. The molecule has 1 atom stereocenters. The van der Waals surface area contributed by atoms with Gasteiger partial charge in [-0.3, -0.25) is 13.9 Å². The van der Waals surface area contributed by atoms with E-state index in [1.807, 2.05) is 19.9 Å². The van der Waals surface area contributed by atoms with Crippen LogP contribution in [-0.2, 0) is 26.2 Å². The number of aryl methyl sites for hydroxylation is 1. The van der Waals surface area contributed by atoms with E-state index in [1.165, 1.54) is 54.3 Å². The third kappa shape index (κ3) is 7.11. The van der Waals surface area contributed by atoms with Gasteiger partial charge in [-0.1, -0.05) is 48.9 Å². The number of hydrogen-bond acceptors (Lipinski definition) is 4. The summed E-state index contributed by atoms with van der Waals surface area (Å²) in [5.74, 6) is -1.61. The molecule has 0 saturated carbocycles. The summed E-state index contributed by atoms with van der Waals surface area (Å²) in [4.78, 5) is 27.8. The lowest BCUT2D eigenvalue weighted by molar-refractivity contribution is -0.139. The molecule has 3 rings (SSSR count). The highest BCUT2D eigenvalue weighted by molar-refractivity contribution is 7.92. The highest BCUT2D eigenvalue weighted by Crippen LogP contribution is 2.26. The average Bonchev–Trinajstić information content (AvgIpc) is 2.89. The second-order valence-corrected chi connectivity index (χ2v) is 11.2. The SMILES string of the molecule is CCCNC(=O)[C@H](C)N(Cc1ccccc1F)C(=O)CN(c1cccc(C)c1)S(=O)(=O)c1ccc(Cl)cc1. The summed E-state index contributed by atoms with van der Waals surface area (Å²) in [5, 5.41) is 3.12. The lowest BCUT2D eigenvalue weighted by atomic mass is 10.1. The zero-order chi connectivity index (χ0) is 27.9. The van der Waals surface area contributed by atoms with Crippen LogP contribution < -0.4 is 9.62 Å². The van der Waals surface area contributed by atoms with Gasteiger partial charge in [0.25, 0.3) is 10.0 Å². The number of anilines is 1. The summed E-state index contributed by atoms with van der Waals surface area (Å²) in [6.07, 6.45) is 0.695. The van der Waals surface area contributed by atoms with E-state index in [0.717, 1.165) is 9.87 Å². The smallest absolute Gasteiger partial charge is 0.264 e. The molecule has 0 heterocycles. The molecule has 202 valence electrons. The van der Waals surface area contributed by atoms with Gasteiger partial charge >= 0.3 is 0 Å². The fraction of sp³-hybridized carbons (Fsp3) is 0.286. The lowest BCUT2D eigenvalue weighted by Crippen LogP contribution is -2.51. The molecule has 0 aromatic heterocycles. The van der Waals surface area contributed by atoms with Crippen LogP contribution in [0, 0.1) is 12.7 Å². The van der Waals surface area contributed by atoms with Gasteiger partial charge in [-0.25, -0.2) is 12.8 Å². The highest BCUT2D eigenvalue weighted by Gasteiger charge is 2.32. The maximum Gasteiger partial charge on any atom is 0.264 e. The molecule has 0 aliphatic heterocycles. The minimum Gasteiger partial charge on any atom is -0.354 e. The number of rotatable bonds is 11. The average molecular weight is 560 g/mol. The van der Waals surface area contributed by atoms with Crippen molar-refractivity contribution in [2.24, 2.45) is 0 Å². The van der Waals surface area contributed by atoms with Crippen molar-refractivity contribution in [2.45, 2.75) is 44.7 Å². The van der Waals surface area contributed by atoms with Gasteiger partial charge in [-0.15, -0.1) is 0 Å². The van der Waals surface area contributed by atoms with E-state index in [4.69, 9.17) is 11.6 Å². The van der Waals surface area contributed by atoms with E-state index in [0.29, 0.717) is 18.0 Å². The minimum absolute atomic E-state index is 0.0504. The Balaban J connectivity index is 2.03. The van der Waals surface area contributed by atoms with Crippen LogP contribution in [0.1, 0.15) is 31.4 Å². The summed E-state index contributed by atoms with van der Waals surface area (Å²) in [6.45, 7) is 4.83. The quantitative estimate of drug-likeness (QED) is 0.361. The van der Waals surface area contributed by atoms with Gasteiger partial charge < -0.3 is 10.2 Å². The Labute approximate surface area is 228 Å². The summed E-state index contributed by atoms with van der Waals surface area (Å²) in [5.41, 5.74) is 1.28. The molecule has 0 aliphatic rings. The van der Waals surface area contributed by atoms with Crippen LogP contribution in [0.3, 0.4) is 0 Å². The number of nitrogens with one attached hydrogen (secondary N) is 1. The molecule has 38 heavy (non-hydrogen) atoms. The number of carbonyl (C=O) groups is 2. The van der Waals surface area contributed by atoms with Gasteiger partial charge in [0.15, 0.2) is 0 Å². The van der Waals surface area contributed by atoms with Crippen LogP contribution in [0.5, 0.6) is 0 Å². The first-order valence-electron chi connectivity index (χ1n) is 12.2. The molecule has 7 nitrogen and oxygen atoms in total. The fourth-order valence-corrected chi connectivity index (χ4v) is 5.37. The number of nitrogens with zero attached hydrogens (tertiary/aromatic N) is 2. The summed E-state index contributed by atoms with van der Waals surface area (Å²) in [6, 6.07) is 17.3. The number of halogens is 2. The normalized spacial score (nSPS) is 12.0. The monoisotopic (exact) mass is 559 g/mol. The lowest BCUT2D eigenvalue weighted by Gasteiger charge is -2.32. The largest absolute Gasteiger partial charge is 0.354 e. The van der Waals surface area contributed by atoms with Crippen molar-refractivity contribution in [3.05, 3.63) is 94.8 Å². The van der Waals surface area contributed by atoms with Crippen LogP contribution in [0.15, 0.2) is 77.7 Å². The number of benzene rings is 3. The number of carbonyl (C=O) groups excluding carboxylic acids is 2. The molecule has 0 unspecified atom stereocenters. The molecule has 0 aliphatic carbocycles. The van der Waals surface area contributed by atoms with Crippen LogP contribution in [-0.4, -0.2) is 44.3 Å². The topological polar surface area (TPSA) is 86.8 Å². The summed E-state index contributed by atoms with van der Waals surface area (Å²) >= 11 is 5.96. The first-order valence-corrected chi connectivity index (χ1v) is 14.0. The van der Waals surface area contributed by atoms with Gasteiger partial charge in [-0.2, -0.15) is 0 Å². The number of amides is 2. The second-order valence-electron chi connectivity index (χ2n) is 8.88. The molecule has 0 fully saturated rings. The van der Waals surface area contributed by atoms with Crippen LogP contribution in [0.2, 0.25) is 5.02 Å². The maximum atomic E-state index is 14.5. The molecule has 3 aromatic rings. The van der Waals surface area contributed by atoms with E-state index >= 15 is 0 Å². The predicted octanol–water partition coefficient (Wildman–Crippen LogP) is 4.93. The third-order valence-electron chi connectivity index (χ3n) is 5.99. The first kappa shape index (κ1) is 29.1. The van der Waals surface area contributed by atoms with Crippen molar-refractivity contribution in [1.29, 1.82) is 0 Å². The highest BCUT2D eigenvalue weighted by atomic mass is 35.5. The number of hydrogen-bond donors (Lipinski definition) is 1. The molecule has 1 N–H and O–H groups in total. The van der Waals surface area contributed by atoms with Crippen molar-refractivity contribution in [3.63, 3.8) is 0 Å². The zero-order valence-corrected chi connectivity index (χ0v) is 23.1. The Morgan fingerprint density at radius 2 is 1.71 bits per heavy atom. The van der Waals surface area contributed by atoms with Crippen LogP contribution in [0.25, 0.3) is 0 Å². The molecule has 0 saturated heterocycles. The molecule has 10 heteroatoms. The van der Waals surface area contributed by atoms with Crippen LogP contribution >= 0.6 is 11.6 Å². The van der Waals surface area contributed by atoms with Crippen molar-refractivity contribution in [3.8, 4) is 0 Å². The van der Waals surface area contributed by atoms with E-state index in [9.17, 15) is 22.4 Å². The summed E-state index contributed by atoms with van der Waals surface area (Å²) < 4.78 is 43.0. The standard InChI is InChI=1S/C28H31ClFN3O4S/c1-4-16-31-28(35)21(3)32(18-22-9-5-6-11-26(22)30)27(34)19-33(24-10-7-8-20(2)17-24)38(36,37)25-14-12-23(29)13-15-25/h5-15,17,21H,4,16,18-19H2,1-3H3,(H,31,35)/t21-/m0/s1.